The molecule has 5 nitrogen and oxygen atoms in total. The SMILES string of the molecule is CCC(C)(C)C(=O)C(=O)N1CCC[C@H]1C(=O)OC/C=C/c1ccc(Cl)c(Cl)c1. The first-order valence-electron chi connectivity index (χ1n) is 9.31. The van der Waals surface area contributed by atoms with Crippen LogP contribution in [0.4, 0.5) is 0 Å². The molecular formula is C21H25Cl2NO4. The zero-order valence-corrected chi connectivity index (χ0v) is 17.8. The molecule has 0 aliphatic carbocycles. The minimum absolute atomic E-state index is 0.0615. The Labute approximate surface area is 175 Å². The number of esters is 1. The summed E-state index contributed by atoms with van der Waals surface area (Å²) in [6, 6.07) is 4.49. The maximum Gasteiger partial charge on any atom is 0.329 e. The zero-order valence-electron chi connectivity index (χ0n) is 16.3. The van der Waals surface area contributed by atoms with Crippen LogP contribution in [0.25, 0.3) is 6.08 Å². The van der Waals surface area contributed by atoms with Gasteiger partial charge in [-0.2, -0.15) is 0 Å². The van der Waals surface area contributed by atoms with E-state index < -0.39 is 29.1 Å². The molecule has 28 heavy (non-hydrogen) atoms. The van der Waals surface area contributed by atoms with Crippen LogP contribution in [-0.4, -0.2) is 41.8 Å². The highest BCUT2D eigenvalue weighted by Gasteiger charge is 2.41. The van der Waals surface area contributed by atoms with Crippen molar-refractivity contribution < 1.29 is 19.1 Å². The van der Waals surface area contributed by atoms with Crippen molar-refractivity contribution in [3.8, 4) is 0 Å². The van der Waals surface area contributed by atoms with Gasteiger partial charge in [0.25, 0.3) is 5.91 Å². The molecule has 1 atom stereocenters. The van der Waals surface area contributed by atoms with E-state index in [4.69, 9.17) is 27.9 Å². The average molecular weight is 426 g/mol. The number of likely N-dealkylation sites (tertiary alicyclic amines) is 1. The Morgan fingerprint density at radius 2 is 1.96 bits per heavy atom. The molecule has 0 bridgehead atoms. The lowest BCUT2D eigenvalue weighted by molar-refractivity contribution is -0.156. The summed E-state index contributed by atoms with van der Waals surface area (Å²) in [5, 5.41) is 0.914. The summed E-state index contributed by atoms with van der Waals surface area (Å²) < 4.78 is 5.28. The molecule has 1 amide bonds. The standard InChI is InChI=1S/C21H25Cl2NO4/c1-4-21(2,3)18(25)19(26)24-11-5-8-17(24)20(27)28-12-6-7-14-9-10-15(22)16(23)13-14/h6-7,9-10,13,17H,4-5,8,11-12H2,1-3H3/b7-6+/t17-/m0/s1. The van der Waals surface area contributed by atoms with Gasteiger partial charge in [-0.05, 0) is 43.0 Å². The smallest absolute Gasteiger partial charge is 0.329 e. The number of hydrogen-bond acceptors (Lipinski definition) is 4. The first-order chi connectivity index (χ1) is 13.2. The van der Waals surface area contributed by atoms with E-state index in [0.717, 1.165) is 5.56 Å². The highest BCUT2D eigenvalue weighted by molar-refractivity contribution is 6.42. The topological polar surface area (TPSA) is 63.7 Å². The van der Waals surface area contributed by atoms with Gasteiger partial charge < -0.3 is 9.64 Å². The van der Waals surface area contributed by atoms with E-state index in [2.05, 4.69) is 0 Å². The van der Waals surface area contributed by atoms with Crippen LogP contribution in [0, 0.1) is 5.41 Å². The molecule has 0 saturated carbocycles. The Bertz CT molecular complexity index is 789. The first kappa shape index (κ1) is 22.4. The zero-order chi connectivity index (χ0) is 20.9. The largest absolute Gasteiger partial charge is 0.460 e. The van der Waals surface area contributed by atoms with Crippen LogP contribution in [0.15, 0.2) is 24.3 Å². The number of halogens is 2. The van der Waals surface area contributed by atoms with Gasteiger partial charge in [-0.15, -0.1) is 0 Å². The van der Waals surface area contributed by atoms with Crippen LogP contribution in [0.3, 0.4) is 0 Å². The lowest BCUT2D eigenvalue weighted by Gasteiger charge is -2.27. The summed E-state index contributed by atoms with van der Waals surface area (Å²) in [6.45, 7) is 5.80. The van der Waals surface area contributed by atoms with Crippen molar-refractivity contribution in [2.24, 2.45) is 5.41 Å². The van der Waals surface area contributed by atoms with Crippen molar-refractivity contribution in [3.05, 3.63) is 39.9 Å². The van der Waals surface area contributed by atoms with Crippen molar-refractivity contribution in [3.63, 3.8) is 0 Å². The van der Waals surface area contributed by atoms with Crippen LogP contribution in [0.1, 0.15) is 45.6 Å². The number of ether oxygens (including phenoxy) is 1. The molecule has 0 N–H and O–H groups in total. The van der Waals surface area contributed by atoms with Gasteiger partial charge in [0.15, 0.2) is 0 Å². The van der Waals surface area contributed by atoms with Gasteiger partial charge in [-0.25, -0.2) is 4.79 Å². The van der Waals surface area contributed by atoms with E-state index in [-0.39, 0.29) is 6.61 Å². The monoisotopic (exact) mass is 425 g/mol. The highest BCUT2D eigenvalue weighted by atomic mass is 35.5. The molecule has 7 heteroatoms. The number of carbonyl (C=O) groups is 3. The maximum atomic E-state index is 12.6. The molecule has 1 saturated heterocycles. The molecule has 0 aromatic heterocycles. The molecule has 1 aliphatic rings. The van der Waals surface area contributed by atoms with Crippen molar-refractivity contribution in [1.29, 1.82) is 0 Å². The van der Waals surface area contributed by atoms with Gasteiger partial charge in [-0.3, -0.25) is 9.59 Å². The maximum absolute atomic E-state index is 12.6. The molecule has 1 aromatic carbocycles. The third-order valence-corrected chi connectivity index (χ3v) is 5.79. The number of rotatable bonds is 7. The molecule has 2 rings (SSSR count). The fourth-order valence-electron chi connectivity index (χ4n) is 2.86. The van der Waals surface area contributed by atoms with E-state index in [1.807, 2.05) is 6.92 Å². The van der Waals surface area contributed by atoms with Crippen LogP contribution in [-0.2, 0) is 19.1 Å². The van der Waals surface area contributed by atoms with Crippen molar-refractivity contribution in [1.82, 2.24) is 4.90 Å². The number of Topliss-reactive ketones (excluding diaryl/α,β-unsaturated/α-hetero) is 1. The summed E-state index contributed by atoms with van der Waals surface area (Å²) in [4.78, 5) is 38.8. The number of carbonyl (C=O) groups excluding carboxylic acids is 3. The lowest BCUT2D eigenvalue weighted by atomic mass is 9.84. The predicted molar refractivity (Wildman–Crippen MR) is 110 cm³/mol. The predicted octanol–water partition coefficient (Wildman–Crippen LogP) is 4.55. The van der Waals surface area contributed by atoms with E-state index >= 15 is 0 Å². The Morgan fingerprint density at radius 1 is 1.25 bits per heavy atom. The molecule has 152 valence electrons. The van der Waals surface area contributed by atoms with Gasteiger partial charge in [0, 0.05) is 12.0 Å². The molecular weight excluding hydrogens is 401 g/mol. The minimum atomic E-state index is -0.739. The lowest BCUT2D eigenvalue weighted by Crippen LogP contribution is -2.47. The van der Waals surface area contributed by atoms with Crippen molar-refractivity contribution >= 4 is 46.9 Å². The second kappa shape index (κ2) is 9.57. The van der Waals surface area contributed by atoms with E-state index in [0.29, 0.717) is 35.9 Å². The molecule has 0 spiro atoms. The van der Waals surface area contributed by atoms with Gasteiger partial charge in [0.2, 0.25) is 5.78 Å². The average Bonchev–Trinajstić information content (AvgIpc) is 3.16. The van der Waals surface area contributed by atoms with Gasteiger partial charge in [0.05, 0.1) is 10.0 Å². The number of amides is 1. The van der Waals surface area contributed by atoms with E-state index in [9.17, 15) is 14.4 Å². The second-order valence-corrected chi connectivity index (χ2v) is 8.24. The molecule has 1 aliphatic heterocycles. The molecule has 0 unspecified atom stereocenters. The Kier molecular flexibility index (Phi) is 7.67. The Morgan fingerprint density at radius 3 is 2.61 bits per heavy atom. The molecule has 1 heterocycles. The Balaban J connectivity index is 1.93. The van der Waals surface area contributed by atoms with Crippen molar-refractivity contribution in [2.45, 2.75) is 46.1 Å². The summed E-state index contributed by atoms with van der Waals surface area (Å²) in [5.41, 5.74) is 0.0898. The van der Waals surface area contributed by atoms with E-state index in [1.165, 1.54) is 4.90 Å². The quantitative estimate of drug-likeness (QED) is 0.474. The van der Waals surface area contributed by atoms with Crippen molar-refractivity contribution in [2.75, 3.05) is 13.2 Å². The fourth-order valence-corrected chi connectivity index (χ4v) is 3.17. The highest BCUT2D eigenvalue weighted by Crippen LogP contribution is 2.26. The van der Waals surface area contributed by atoms with Gasteiger partial charge in [0.1, 0.15) is 12.6 Å². The minimum Gasteiger partial charge on any atom is -0.460 e. The van der Waals surface area contributed by atoms with Crippen LogP contribution in [0.5, 0.6) is 0 Å². The van der Waals surface area contributed by atoms with Crippen LogP contribution < -0.4 is 0 Å². The van der Waals surface area contributed by atoms with Gasteiger partial charge in [-0.1, -0.05) is 56.1 Å². The number of benzene rings is 1. The van der Waals surface area contributed by atoms with Crippen LogP contribution >= 0.6 is 23.2 Å². The van der Waals surface area contributed by atoms with E-state index in [1.54, 1.807) is 44.2 Å². The number of nitrogens with zero attached hydrogens (tertiary/aromatic N) is 1. The summed E-state index contributed by atoms with van der Waals surface area (Å²) in [7, 11) is 0. The summed E-state index contributed by atoms with van der Waals surface area (Å²) in [5.74, 6) is -1.56. The normalized spacial score (nSPS) is 17.2. The molecule has 1 aromatic rings. The second-order valence-electron chi connectivity index (χ2n) is 7.43. The van der Waals surface area contributed by atoms with Gasteiger partial charge >= 0.3 is 5.97 Å². The fraction of sp³-hybridized carbons (Fsp3) is 0.476. The Hall–Kier alpha value is -1.85. The van der Waals surface area contributed by atoms with Crippen LogP contribution in [0.2, 0.25) is 10.0 Å². The number of hydrogen-bond donors (Lipinski definition) is 0. The first-order valence-corrected chi connectivity index (χ1v) is 10.1. The molecule has 1 fully saturated rings. The summed E-state index contributed by atoms with van der Waals surface area (Å²) >= 11 is 11.8. The third-order valence-electron chi connectivity index (χ3n) is 5.05. The molecule has 0 radical (unpaired) electrons. The number of ketones is 1. The summed E-state index contributed by atoms with van der Waals surface area (Å²) in [6.07, 6.45) is 5.18. The third kappa shape index (κ3) is 5.36.